The van der Waals surface area contributed by atoms with Gasteiger partial charge < -0.3 is 10.4 Å². The van der Waals surface area contributed by atoms with Gasteiger partial charge in [0, 0.05) is 24.8 Å². The molecular weight excluding hydrogens is 234 g/mol. The summed E-state index contributed by atoms with van der Waals surface area (Å²) in [6, 6.07) is 0. The third kappa shape index (κ3) is 3.55. The predicted octanol–water partition coefficient (Wildman–Crippen LogP) is 1.41. The van der Waals surface area contributed by atoms with E-state index in [0.717, 1.165) is 6.08 Å². The molecule has 0 heterocycles. The molecule has 1 atom stereocenters. The van der Waals surface area contributed by atoms with Gasteiger partial charge in [-0.2, -0.15) is 0 Å². The van der Waals surface area contributed by atoms with Crippen molar-refractivity contribution in [2.45, 2.75) is 33.1 Å². The van der Waals surface area contributed by atoms with Crippen LogP contribution >= 0.6 is 0 Å². The van der Waals surface area contributed by atoms with Gasteiger partial charge in [0.05, 0.1) is 0 Å². The summed E-state index contributed by atoms with van der Waals surface area (Å²) in [7, 11) is 0. The first-order valence-electron chi connectivity index (χ1n) is 5.94. The molecule has 0 spiro atoms. The van der Waals surface area contributed by atoms with Crippen molar-refractivity contribution in [3.05, 3.63) is 23.6 Å². The van der Waals surface area contributed by atoms with E-state index in [9.17, 15) is 19.5 Å². The first-order chi connectivity index (χ1) is 8.45. The zero-order valence-electron chi connectivity index (χ0n) is 10.5. The molecule has 98 valence electrons. The van der Waals surface area contributed by atoms with E-state index >= 15 is 0 Å². The van der Waals surface area contributed by atoms with Gasteiger partial charge in [-0.25, -0.2) is 0 Å². The first-order valence-corrected chi connectivity index (χ1v) is 5.94. The second kappa shape index (κ2) is 6.14. The normalized spacial score (nSPS) is 17.3. The van der Waals surface area contributed by atoms with E-state index in [1.807, 2.05) is 6.92 Å². The fraction of sp³-hybridized carbons (Fsp3) is 0.462. The zero-order chi connectivity index (χ0) is 13.7. The average molecular weight is 251 g/mol. The fourth-order valence-corrected chi connectivity index (χ4v) is 1.47. The minimum atomic E-state index is -0.580. The fourth-order valence-electron chi connectivity index (χ4n) is 1.47. The van der Waals surface area contributed by atoms with Crippen LogP contribution in [0.15, 0.2) is 23.6 Å². The number of rotatable bonds is 5. The largest absolute Gasteiger partial charge is 0.510 e. The molecule has 0 bridgehead atoms. The molecule has 2 N–H and O–H groups in total. The van der Waals surface area contributed by atoms with Gasteiger partial charge in [0.1, 0.15) is 11.5 Å². The molecule has 1 aliphatic carbocycles. The lowest BCUT2D eigenvalue weighted by atomic mass is 10.0. The van der Waals surface area contributed by atoms with Gasteiger partial charge in [0.25, 0.3) is 0 Å². The Bertz CT molecular complexity index is 434. The summed E-state index contributed by atoms with van der Waals surface area (Å²) in [5.74, 6) is -1.24. The van der Waals surface area contributed by atoms with Crippen molar-refractivity contribution < 1.29 is 19.5 Å². The molecule has 1 unspecified atom stereocenters. The highest BCUT2D eigenvalue weighted by molar-refractivity contribution is 6.05. The Hall–Kier alpha value is -1.91. The van der Waals surface area contributed by atoms with Crippen molar-refractivity contribution in [2.75, 3.05) is 0 Å². The van der Waals surface area contributed by atoms with Gasteiger partial charge >= 0.3 is 0 Å². The number of amides is 1. The standard InChI is InChI=1S/C13H17NO4/c1-3-8(2)9(15)6-7-12(18)14-13-10(16)4-5-11(13)17/h6-8,16H,3-5H2,1-2H3,(H,14,18)/b7-6+. The SMILES string of the molecule is CCC(C)C(=O)/C=C/C(=O)NC1=C(O)CCC1=O. The Kier molecular flexibility index (Phi) is 4.83. The molecule has 0 radical (unpaired) electrons. The number of aliphatic hydroxyl groups excluding tert-OH is 1. The Morgan fingerprint density at radius 2 is 2.06 bits per heavy atom. The van der Waals surface area contributed by atoms with Crippen molar-refractivity contribution in [1.29, 1.82) is 0 Å². The van der Waals surface area contributed by atoms with Crippen LogP contribution in [0.1, 0.15) is 33.1 Å². The first kappa shape index (κ1) is 14.2. The average Bonchev–Trinajstić information content (AvgIpc) is 2.66. The van der Waals surface area contributed by atoms with Crippen molar-refractivity contribution >= 4 is 17.5 Å². The topological polar surface area (TPSA) is 83.5 Å². The minimum absolute atomic E-state index is 0.0550. The van der Waals surface area contributed by atoms with E-state index in [2.05, 4.69) is 5.32 Å². The summed E-state index contributed by atoms with van der Waals surface area (Å²) in [6.45, 7) is 3.66. The summed E-state index contributed by atoms with van der Waals surface area (Å²) in [6.07, 6.45) is 3.44. The summed E-state index contributed by atoms with van der Waals surface area (Å²) in [5, 5.41) is 11.7. The summed E-state index contributed by atoms with van der Waals surface area (Å²) < 4.78 is 0. The molecule has 0 aromatic carbocycles. The van der Waals surface area contributed by atoms with E-state index in [1.54, 1.807) is 6.92 Å². The number of allylic oxidation sites excluding steroid dienone is 3. The summed E-state index contributed by atoms with van der Waals surface area (Å²) >= 11 is 0. The molecule has 5 nitrogen and oxygen atoms in total. The van der Waals surface area contributed by atoms with Gasteiger partial charge in [-0.3, -0.25) is 14.4 Å². The monoisotopic (exact) mass is 251 g/mol. The van der Waals surface area contributed by atoms with Gasteiger partial charge in [-0.15, -0.1) is 0 Å². The third-order valence-corrected chi connectivity index (χ3v) is 2.90. The smallest absolute Gasteiger partial charge is 0.248 e. The highest BCUT2D eigenvalue weighted by atomic mass is 16.3. The number of hydrogen-bond acceptors (Lipinski definition) is 4. The van der Waals surface area contributed by atoms with Gasteiger partial charge in [-0.1, -0.05) is 13.8 Å². The molecule has 0 fully saturated rings. The Morgan fingerprint density at radius 3 is 2.56 bits per heavy atom. The number of Topliss-reactive ketones (excluding diaryl/α,β-unsaturated/α-hetero) is 1. The van der Waals surface area contributed by atoms with Crippen LogP contribution in [0.4, 0.5) is 0 Å². The lowest BCUT2D eigenvalue weighted by Gasteiger charge is -2.03. The van der Waals surface area contributed by atoms with Gasteiger partial charge in [0.2, 0.25) is 5.91 Å². The van der Waals surface area contributed by atoms with E-state index in [0.29, 0.717) is 6.42 Å². The second-order valence-corrected chi connectivity index (χ2v) is 4.28. The summed E-state index contributed by atoms with van der Waals surface area (Å²) in [5.41, 5.74) is -0.0550. The number of ketones is 2. The van der Waals surface area contributed by atoms with Crippen molar-refractivity contribution in [3.63, 3.8) is 0 Å². The molecule has 0 aliphatic heterocycles. The van der Waals surface area contributed by atoms with Crippen LogP contribution in [0.3, 0.4) is 0 Å². The van der Waals surface area contributed by atoms with Crippen molar-refractivity contribution in [2.24, 2.45) is 5.92 Å². The van der Waals surface area contributed by atoms with E-state index in [1.165, 1.54) is 6.08 Å². The Labute approximate surface area is 106 Å². The molecule has 1 amide bonds. The molecule has 5 heteroatoms. The van der Waals surface area contributed by atoms with Gasteiger partial charge in [0.15, 0.2) is 11.6 Å². The maximum Gasteiger partial charge on any atom is 0.248 e. The molecule has 0 aromatic rings. The second-order valence-electron chi connectivity index (χ2n) is 4.28. The maximum absolute atomic E-state index is 11.5. The third-order valence-electron chi connectivity index (χ3n) is 2.90. The van der Waals surface area contributed by atoms with Crippen LogP contribution in [0.25, 0.3) is 0 Å². The highest BCUT2D eigenvalue weighted by Crippen LogP contribution is 2.17. The molecule has 18 heavy (non-hydrogen) atoms. The maximum atomic E-state index is 11.5. The van der Waals surface area contributed by atoms with Crippen LogP contribution in [0.5, 0.6) is 0 Å². The Balaban J connectivity index is 2.57. The number of nitrogens with one attached hydrogen (secondary N) is 1. The lowest BCUT2D eigenvalue weighted by molar-refractivity contribution is -0.120. The number of carbonyl (C=O) groups excluding carboxylic acids is 3. The molecule has 1 aliphatic rings. The summed E-state index contributed by atoms with van der Waals surface area (Å²) in [4.78, 5) is 34.2. The minimum Gasteiger partial charge on any atom is -0.510 e. The number of aliphatic hydroxyl groups is 1. The molecule has 0 saturated heterocycles. The number of hydrogen-bond donors (Lipinski definition) is 2. The number of carbonyl (C=O) groups is 3. The molecular formula is C13H17NO4. The van der Waals surface area contributed by atoms with Gasteiger partial charge in [-0.05, 0) is 12.5 Å². The van der Waals surface area contributed by atoms with E-state index in [4.69, 9.17) is 0 Å². The van der Waals surface area contributed by atoms with Crippen LogP contribution in [-0.4, -0.2) is 22.6 Å². The van der Waals surface area contributed by atoms with E-state index in [-0.39, 0.29) is 41.8 Å². The van der Waals surface area contributed by atoms with E-state index < -0.39 is 5.91 Å². The highest BCUT2D eigenvalue weighted by Gasteiger charge is 2.23. The predicted molar refractivity (Wildman–Crippen MR) is 65.6 cm³/mol. The lowest BCUT2D eigenvalue weighted by Crippen LogP contribution is -2.25. The van der Waals surface area contributed by atoms with Crippen molar-refractivity contribution in [3.8, 4) is 0 Å². The van der Waals surface area contributed by atoms with Crippen molar-refractivity contribution in [1.82, 2.24) is 5.32 Å². The van der Waals surface area contributed by atoms with Crippen LogP contribution in [0.2, 0.25) is 0 Å². The van der Waals surface area contributed by atoms with Crippen LogP contribution in [0, 0.1) is 5.92 Å². The van der Waals surface area contributed by atoms with Crippen LogP contribution in [-0.2, 0) is 14.4 Å². The zero-order valence-corrected chi connectivity index (χ0v) is 10.5. The molecule has 1 rings (SSSR count). The Morgan fingerprint density at radius 1 is 1.39 bits per heavy atom. The molecule has 0 saturated carbocycles. The quantitative estimate of drug-likeness (QED) is 0.723. The van der Waals surface area contributed by atoms with Crippen LogP contribution < -0.4 is 5.32 Å². The molecule has 0 aromatic heterocycles.